The Balaban J connectivity index is 1.94. The first kappa shape index (κ1) is 13.8. The molecule has 0 N–H and O–H groups in total. The lowest BCUT2D eigenvalue weighted by Gasteiger charge is -2.14. The van der Waals surface area contributed by atoms with E-state index in [2.05, 4.69) is 18.2 Å². The summed E-state index contributed by atoms with van der Waals surface area (Å²) >= 11 is 12.9. The number of halogens is 2. The van der Waals surface area contributed by atoms with Crippen molar-refractivity contribution in [3.05, 3.63) is 63.7 Å². The van der Waals surface area contributed by atoms with E-state index in [1.54, 1.807) is 13.2 Å². The molecular formula is C17H16Cl2O. The number of alkyl halides is 1. The molecule has 0 aromatic heterocycles. The van der Waals surface area contributed by atoms with E-state index in [0.717, 1.165) is 23.3 Å². The predicted molar refractivity (Wildman–Crippen MR) is 84.2 cm³/mol. The van der Waals surface area contributed by atoms with E-state index in [9.17, 15) is 0 Å². The molecule has 0 fully saturated rings. The lowest BCUT2D eigenvalue weighted by Crippen LogP contribution is -1.97. The Labute approximate surface area is 129 Å². The van der Waals surface area contributed by atoms with Crippen LogP contribution in [0.1, 0.15) is 34.1 Å². The molecule has 2 aromatic rings. The fraction of sp³-hybridized carbons (Fsp3) is 0.294. The normalized spacial score (nSPS) is 14.9. The van der Waals surface area contributed by atoms with E-state index < -0.39 is 0 Å². The van der Waals surface area contributed by atoms with Crippen LogP contribution >= 0.6 is 23.2 Å². The van der Waals surface area contributed by atoms with Gasteiger partial charge in [0.05, 0.1) is 12.5 Å². The van der Waals surface area contributed by atoms with E-state index in [4.69, 9.17) is 27.9 Å². The molecule has 0 radical (unpaired) electrons. The van der Waals surface area contributed by atoms with Gasteiger partial charge in [0, 0.05) is 5.02 Å². The molecule has 2 aromatic carbocycles. The highest BCUT2D eigenvalue weighted by Crippen LogP contribution is 2.37. The first-order valence-electron chi connectivity index (χ1n) is 6.78. The average Bonchev–Trinajstić information content (AvgIpc) is 2.93. The van der Waals surface area contributed by atoms with Crippen molar-refractivity contribution in [2.24, 2.45) is 0 Å². The fourth-order valence-corrected chi connectivity index (χ4v) is 3.43. The van der Waals surface area contributed by atoms with E-state index in [1.165, 1.54) is 24.0 Å². The van der Waals surface area contributed by atoms with Crippen LogP contribution in [0.15, 0.2) is 36.4 Å². The standard InChI is InChI=1S/C17H16Cl2O/c1-20-14-7-8-15(16(18)10-14)17(19)13-6-5-11-3-2-4-12(11)9-13/h5-10,17H,2-4H2,1H3. The molecule has 0 saturated carbocycles. The van der Waals surface area contributed by atoms with Crippen molar-refractivity contribution < 1.29 is 4.74 Å². The van der Waals surface area contributed by atoms with Gasteiger partial charge in [-0.1, -0.05) is 35.9 Å². The van der Waals surface area contributed by atoms with Crippen molar-refractivity contribution in [2.75, 3.05) is 7.11 Å². The number of benzene rings is 2. The zero-order valence-electron chi connectivity index (χ0n) is 11.3. The maximum absolute atomic E-state index is 6.61. The van der Waals surface area contributed by atoms with Crippen LogP contribution in [0.4, 0.5) is 0 Å². The van der Waals surface area contributed by atoms with Gasteiger partial charge in [-0.05, 0) is 53.6 Å². The molecule has 1 aliphatic carbocycles. The van der Waals surface area contributed by atoms with Crippen LogP contribution in [0.5, 0.6) is 5.75 Å². The van der Waals surface area contributed by atoms with Crippen LogP contribution in [0.25, 0.3) is 0 Å². The van der Waals surface area contributed by atoms with Gasteiger partial charge in [-0.15, -0.1) is 11.6 Å². The minimum Gasteiger partial charge on any atom is -0.497 e. The monoisotopic (exact) mass is 306 g/mol. The maximum Gasteiger partial charge on any atom is 0.120 e. The molecule has 0 spiro atoms. The van der Waals surface area contributed by atoms with Crippen molar-refractivity contribution in [1.82, 2.24) is 0 Å². The van der Waals surface area contributed by atoms with Crippen molar-refractivity contribution in [3.63, 3.8) is 0 Å². The third-order valence-corrected chi connectivity index (χ3v) is 4.71. The molecule has 1 unspecified atom stereocenters. The topological polar surface area (TPSA) is 9.23 Å². The number of rotatable bonds is 3. The Morgan fingerprint density at radius 3 is 2.60 bits per heavy atom. The van der Waals surface area contributed by atoms with Crippen molar-refractivity contribution in [3.8, 4) is 5.75 Å². The summed E-state index contributed by atoms with van der Waals surface area (Å²) in [5, 5.41) is 0.421. The van der Waals surface area contributed by atoms with Crippen LogP contribution in [0.3, 0.4) is 0 Å². The first-order chi connectivity index (χ1) is 9.69. The Kier molecular flexibility index (Phi) is 3.91. The van der Waals surface area contributed by atoms with Crippen molar-refractivity contribution in [2.45, 2.75) is 24.6 Å². The zero-order valence-corrected chi connectivity index (χ0v) is 12.8. The third-order valence-electron chi connectivity index (χ3n) is 3.90. The van der Waals surface area contributed by atoms with Crippen LogP contribution in [-0.4, -0.2) is 7.11 Å². The highest BCUT2D eigenvalue weighted by Gasteiger charge is 2.18. The molecule has 1 nitrogen and oxygen atoms in total. The van der Waals surface area contributed by atoms with Gasteiger partial charge in [-0.2, -0.15) is 0 Å². The SMILES string of the molecule is COc1ccc(C(Cl)c2ccc3c(c2)CCC3)c(Cl)c1. The lowest BCUT2D eigenvalue weighted by atomic mass is 10.00. The zero-order chi connectivity index (χ0) is 14.1. The van der Waals surface area contributed by atoms with E-state index in [1.807, 2.05) is 12.1 Å². The highest BCUT2D eigenvalue weighted by molar-refractivity contribution is 6.33. The summed E-state index contributed by atoms with van der Waals surface area (Å²) in [4.78, 5) is 0. The summed E-state index contributed by atoms with van der Waals surface area (Å²) in [6.45, 7) is 0. The van der Waals surface area contributed by atoms with Crippen LogP contribution < -0.4 is 4.74 Å². The van der Waals surface area contributed by atoms with Crippen molar-refractivity contribution in [1.29, 1.82) is 0 Å². The van der Waals surface area contributed by atoms with E-state index in [-0.39, 0.29) is 5.38 Å². The highest BCUT2D eigenvalue weighted by atomic mass is 35.5. The number of ether oxygens (including phenoxy) is 1. The summed E-state index contributed by atoms with van der Waals surface area (Å²) in [5.41, 5.74) is 4.92. The van der Waals surface area contributed by atoms with E-state index >= 15 is 0 Å². The van der Waals surface area contributed by atoms with Gasteiger partial charge in [0.25, 0.3) is 0 Å². The molecule has 0 saturated heterocycles. The first-order valence-corrected chi connectivity index (χ1v) is 7.59. The smallest absolute Gasteiger partial charge is 0.120 e. The molecule has 3 heteroatoms. The Bertz CT molecular complexity index is 637. The van der Waals surface area contributed by atoms with Gasteiger partial charge in [0.15, 0.2) is 0 Å². The third kappa shape index (κ3) is 2.53. The average molecular weight is 307 g/mol. The van der Waals surface area contributed by atoms with Gasteiger partial charge in [-0.25, -0.2) is 0 Å². The van der Waals surface area contributed by atoms with Crippen LogP contribution in [-0.2, 0) is 12.8 Å². The molecule has 0 bridgehead atoms. The quantitative estimate of drug-likeness (QED) is 0.711. The minimum absolute atomic E-state index is 0.223. The molecule has 0 amide bonds. The number of hydrogen-bond donors (Lipinski definition) is 0. The molecule has 104 valence electrons. The lowest BCUT2D eigenvalue weighted by molar-refractivity contribution is 0.414. The summed E-state index contributed by atoms with van der Waals surface area (Å²) in [5.74, 6) is 0.747. The minimum atomic E-state index is -0.223. The second-order valence-corrected chi connectivity index (χ2v) is 5.98. The van der Waals surface area contributed by atoms with Gasteiger partial charge in [0.1, 0.15) is 5.75 Å². The number of aryl methyl sites for hydroxylation is 2. The number of fused-ring (bicyclic) bond motifs is 1. The molecule has 0 heterocycles. The van der Waals surface area contributed by atoms with Gasteiger partial charge in [0.2, 0.25) is 0 Å². The molecule has 1 atom stereocenters. The second-order valence-electron chi connectivity index (χ2n) is 5.13. The Morgan fingerprint density at radius 1 is 1.05 bits per heavy atom. The number of methoxy groups -OCH3 is 1. The van der Waals surface area contributed by atoms with Gasteiger partial charge >= 0.3 is 0 Å². The predicted octanol–water partition coefficient (Wildman–Crippen LogP) is 5.17. The number of hydrogen-bond acceptors (Lipinski definition) is 1. The summed E-state index contributed by atoms with van der Waals surface area (Å²) in [7, 11) is 1.63. The summed E-state index contributed by atoms with van der Waals surface area (Å²) < 4.78 is 5.17. The molecule has 3 rings (SSSR count). The summed E-state index contributed by atoms with van der Waals surface area (Å²) in [6, 6.07) is 12.2. The molecular weight excluding hydrogens is 291 g/mol. The molecule has 1 aliphatic rings. The van der Waals surface area contributed by atoms with E-state index in [0.29, 0.717) is 5.02 Å². The van der Waals surface area contributed by atoms with Crippen LogP contribution in [0.2, 0.25) is 5.02 Å². The van der Waals surface area contributed by atoms with Gasteiger partial charge in [-0.3, -0.25) is 0 Å². The summed E-state index contributed by atoms with van der Waals surface area (Å²) in [6.07, 6.45) is 3.59. The molecule has 0 aliphatic heterocycles. The Hall–Kier alpha value is -1.18. The van der Waals surface area contributed by atoms with Crippen LogP contribution in [0, 0.1) is 0 Å². The van der Waals surface area contributed by atoms with Crippen molar-refractivity contribution >= 4 is 23.2 Å². The Morgan fingerprint density at radius 2 is 1.85 bits per heavy atom. The molecule has 20 heavy (non-hydrogen) atoms. The second kappa shape index (κ2) is 5.67. The van der Waals surface area contributed by atoms with Gasteiger partial charge < -0.3 is 4.74 Å². The fourth-order valence-electron chi connectivity index (χ4n) is 2.77. The largest absolute Gasteiger partial charge is 0.497 e. The maximum atomic E-state index is 6.61.